The largest absolute Gasteiger partial charge is 0.507 e. The number of carbonyl (C=O) groups excluding carboxylic acids is 2. The van der Waals surface area contributed by atoms with Crippen molar-refractivity contribution in [2.24, 2.45) is 5.92 Å². The second-order valence-corrected chi connectivity index (χ2v) is 3.03. The van der Waals surface area contributed by atoms with Gasteiger partial charge in [0.25, 0.3) is 0 Å². The van der Waals surface area contributed by atoms with E-state index in [0.717, 1.165) is 6.08 Å². The van der Waals surface area contributed by atoms with Gasteiger partial charge in [0.15, 0.2) is 0 Å². The van der Waals surface area contributed by atoms with E-state index in [0.29, 0.717) is 6.42 Å². The molecule has 0 amide bonds. The minimum Gasteiger partial charge on any atom is -0.462 e. The number of hydrogen-bond donors (Lipinski definition) is 0. The Morgan fingerprint density at radius 2 is 2.07 bits per heavy atom. The number of esters is 1. The van der Waals surface area contributed by atoms with Crippen molar-refractivity contribution >= 4 is 12.1 Å². The lowest BCUT2D eigenvalue weighted by Crippen LogP contribution is -2.13. The standard InChI is InChI=1S/C10H16O5/c1-4-9(11)15-7-8(2)5-6-14-10(12)13-3/h4,8H,1,5-7H2,2-3H3. The second kappa shape index (κ2) is 7.84. The van der Waals surface area contributed by atoms with E-state index in [1.54, 1.807) is 0 Å². The molecule has 5 heteroatoms. The number of hydrogen-bond acceptors (Lipinski definition) is 5. The fourth-order valence-corrected chi connectivity index (χ4v) is 0.769. The molecular weight excluding hydrogens is 200 g/mol. The third-order valence-corrected chi connectivity index (χ3v) is 1.67. The van der Waals surface area contributed by atoms with Crippen molar-refractivity contribution in [1.29, 1.82) is 0 Å². The van der Waals surface area contributed by atoms with Gasteiger partial charge in [-0.25, -0.2) is 9.59 Å². The minimum absolute atomic E-state index is 0.124. The van der Waals surface area contributed by atoms with Crippen LogP contribution in [-0.4, -0.2) is 32.4 Å². The second-order valence-electron chi connectivity index (χ2n) is 3.03. The molecule has 0 heterocycles. The Bertz CT molecular complexity index is 224. The highest BCUT2D eigenvalue weighted by atomic mass is 16.7. The molecule has 0 saturated heterocycles. The van der Waals surface area contributed by atoms with E-state index in [1.165, 1.54) is 7.11 Å². The average Bonchev–Trinajstić information content (AvgIpc) is 2.25. The number of methoxy groups -OCH3 is 1. The molecule has 0 radical (unpaired) electrons. The van der Waals surface area contributed by atoms with Crippen LogP contribution in [0.25, 0.3) is 0 Å². The summed E-state index contributed by atoms with van der Waals surface area (Å²) in [5.41, 5.74) is 0. The number of ether oxygens (including phenoxy) is 3. The smallest absolute Gasteiger partial charge is 0.462 e. The molecule has 5 nitrogen and oxygen atoms in total. The maximum Gasteiger partial charge on any atom is 0.507 e. The van der Waals surface area contributed by atoms with Crippen molar-refractivity contribution in [3.8, 4) is 0 Å². The van der Waals surface area contributed by atoms with Crippen LogP contribution in [0.4, 0.5) is 4.79 Å². The van der Waals surface area contributed by atoms with Crippen LogP contribution in [-0.2, 0) is 19.0 Å². The van der Waals surface area contributed by atoms with E-state index in [4.69, 9.17) is 4.74 Å². The molecule has 0 rings (SSSR count). The van der Waals surface area contributed by atoms with Gasteiger partial charge in [-0.2, -0.15) is 0 Å². The zero-order chi connectivity index (χ0) is 11.7. The lowest BCUT2D eigenvalue weighted by molar-refractivity contribution is -0.139. The first-order valence-electron chi connectivity index (χ1n) is 4.60. The van der Waals surface area contributed by atoms with Crippen LogP contribution in [0.2, 0.25) is 0 Å². The Hall–Kier alpha value is -1.52. The van der Waals surface area contributed by atoms with Crippen LogP contribution >= 0.6 is 0 Å². The van der Waals surface area contributed by atoms with Gasteiger partial charge < -0.3 is 14.2 Å². The Kier molecular flexibility index (Phi) is 7.05. The molecule has 0 aromatic rings. The Morgan fingerprint density at radius 1 is 1.40 bits per heavy atom. The molecule has 0 fully saturated rings. The van der Waals surface area contributed by atoms with Gasteiger partial charge in [0.05, 0.1) is 20.3 Å². The summed E-state index contributed by atoms with van der Waals surface area (Å²) in [5.74, 6) is -0.325. The van der Waals surface area contributed by atoms with Gasteiger partial charge >= 0.3 is 12.1 Å². The average molecular weight is 216 g/mol. The quantitative estimate of drug-likeness (QED) is 0.497. The summed E-state index contributed by atoms with van der Waals surface area (Å²) in [7, 11) is 1.25. The maximum atomic E-state index is 10.7. The zero-order valence-electron chi connectivity index (χ0n) is 9.02. The lowest BCUT2D eigenvalue weighted by atomic mass is 10.1. The Balaban J connectivity index is 3.48. The number of rotatable bonds is 6. The van der Waals surface area contributed by atoms with Gasteiger partial charge in [0, 0.05) is 6.08 Å². The van der Waals surface area contributed by atoms with Crippen molar-refractivity contribution in [2.45, 2.75) is 13.3 Å². The van der Waals surface area contributed by atoms with Gasteiger partial charge in [-0.3, -0.25) is 0 Å². The molecule has 15 heavy (non-hydrogen) atoms. The summed E-state index contributed by atoms with van der Waals surface area (Å²) < 4.78 is 13.8. The van der Waals surface area contributed by atoms with Gasteiger partial charge in [-0.15, -0.1) is 0 Å². The number of carbonyl (C=O) groups is 2. The van der Waals surface area contributed by atoms with Gasteiger partial charge in [0.2, 0.25) is 0 Å². The van der Waals surface area contributed by atoms with Gasteiger partial charge in [-0.1, -0.05) is 13.5 Å². The van der Waals surface area contributed by atoms with E-state index in [-0.39, 0.29) is 19.1 Å². The van der Waals surface area contributed by atoms with Crippen LogP contribution in [0, 0.1) is 5.92 Å². The summed E-state index contributed by atoms with van der Waals surface area (Å²) in [4.78, 5) is 21.3. The minimum atomic E-state index is -0.703. The molecule has 0 aliphatic heterocycles. The third kappa shape index (κ3) is 7.54. The van der Waals surface area contributed by atoms with Crippen molar-refractivity contribution in [3.63, 3.8) is 0 Å². The Labute approximate surface area is 89.0 Å². The predicted molar refractivity (Wildman–Crippen MR) is 53.3 cm³/mol. The van der Waals surface area contributed by atoms with Crippen molar-refractivity contribution in [1.82, 2.24) is 0 Å². The van der Waals surface area contributed by atoms with E-state index in [2.05, 4.69) is 16.1 Å². The van der Waals surface area contributed by atoms with Crippen LogP contribution < -0.4 is 0 Å². The first-order chi connectivity index (χ1) is 7.10. The van der Waals surface area contributed by atoms with Crippen LogP contribution in [0.1, 0.15) is 13.3 Å². The molecule has 0 aliphatic rings. The maximum absolute atomic E-state index is 10.7. The zero-order valence-corrected chi connectivity index (χ0v) is 9.02. The molecule has 0 spiro atoms. The molecule has 1 unspecified atom stereocenters. The van der Waals surface area contributed by atoms with E-state index in [9.17, 15) is 9.59 Å². The van der Waals surface area contributed by atoms with E-state index < -0.39 is 12.1 Å². The van der Waals surface area contributed by atoms with Crippen molar-refractivity contribution in [2.75, 3.05) is 20.3 Å². The predicted octanol–water partition coefficient (Wildman–Crippen LogP) is 1.52. The van der Waals surface area contributed by atoms with E-state index >= 15 is 0 Å². The van der Waals surface area contributed by atoms with Gasteiger partial charge in [-0.05, 0) is 12.3 Å². The fraction of sp³-hybridized carbons (Fsp3) is 0.600. The highest BCUT2D eigenvalue weighted by molar-refractivity contribution is 5.81. The molecule has 1 atom stereocenters. The highest BCUT2D eigenvalue weighted by Gasteiger charge is 2.07. The monoisotopic (exact) mass is 216 g/mol. The summed E-state index contributed by atoms with van der Waals surface area (Å²) >= 11 is 0. The SMILES string of the molecule is C=CC(=O)OCC(C)CCOC(=O)OC. The third-order valence-electron chi connectivity index (χ3n) is 1.67. The van der Waals surface area contributed by atoms with Crippen LogP contribution in [0.15, 0.2) is 12.7 Å². The molecule has 0 N–H and O–H groups in total. The first kappa shape index (κ1) is 13.5. The molecule has 86 valence electrons. The Morgan fingerprint density at radius 3 is 2.60 bits per heavy atom. The van der Waals surface area contributed by atoms with Crippen molar-refractivity contribution in [3.05, 3.63) is 12.7 Å². The fourth-order valence-electron chi connectivity index (χ4n) is 0.769. The van der Waals surface area contributed by atoms with Crippen LogP contribution in [0.5, 0.6) is 0 Å². The van der Waals surface area contributed by atoms with Gasteiger partial charge in [0.1, 0.15) is 0 Å². The van der Waals surface area contributed by atoms with E-state index in [1.807, 2.05) is 6.92 Å². The summed E-state index contributed by atoms with van der Waals surface area (Å²) in [6, 6.07) is 0. The summed E-state index contributed by atoms with van der Waals surface area (Å²) in [5, 5.41) is 0. The molecule has 0 saturated carbocycles. The van der Waals surface area contributed by atoms with Crippen LogP contribution in [0.3, 0.4) is 0 Å². The molecular formula is C10H16O5. The molecule has 0 bridgehead atoms. The topological polar surface area (TPSA) is 61.8 Å². The molecule has 0 aromatic heterocycles. The summed E-state index contributed by atoms with van der Waals surface area (Å²) in [6.07, 6.45) is 1.02. The highest BCUT2D eigenvalue weighted by Crippen LogP contribution is 2.03. The normalized spacial score (nSPS) is 11.3. The lowest BCUT2D eigenvalue weighted by Gasteiger charge is -2.10. The molecule has 0 aromatic carbocycles. The molecule has 0 aliphatic carbocycles. The van der Waals surface area contributed by atoms with Crippen molar-refractivity contribution < 1.29 is 23.8 Å². The summed E-state index contributed by atoms with van der Waals surface area (Å²) in [6.45, 7) is 5.70. The first-order valence-corrected chi connectivity index (χ1v) is 4.60.